The molecule has 0 aromatic carbocycles. The van der Waals surface area contributed by atoms with Gasteiger partial charge in [0.2, 0.25) is 5.91 Å². The van der Waals surface area contributed by atoms with Crippen LogP contribution in [-0.2, 0) is 4.79 Å². The summed E-state index contributed by atoms with van der Waals surface area (Å²) in [6, 6.07) is 0. The number of piperidine rings is 1. The molecule has 3 heteroatoms. The van der Waals surface area contributed by atoms with Crippen LogP contribution >= 0.6 is 0 Å². The van der Waals surface area contributed by atoms with E-state index in [2.05, 4.69) is 18.2 Å². The van der Waals surface area contributed by atoms with Gasteiger partial charge >= 0.3 is 0 Å². The van der Waals surface area contributed by atoms with E-state index in [-0.39, 0.29) is 11.3 Å². The van der Waals surface area contributed by atoms with Crippen LogP contribution < -0.4 is 5.32 Å². The molecule has 2 fully saturated rings. The Kier molecular flexibility index (Phi) is 4.29. The molecule has 1 atom stereocenters. The van der Waals surface area contributed by atoms with Crippen molar-refractivity contribution in [1.82, 2.24) is 10.2 Å². The van der Waals surface area contributed by atoms with Crippen LogP contribution in [0.25, 0.3) is 0 Å². The molecule has 1 N–H and O–H groups in total. The number of rotatable bonds is 5. The summed E-state index contributed by atoms with van der Waals surface area (Å²) in [6.45, 7) is 5.30. The van der Waals surface area contributed by atoms with E-state index in [0.29, 0.717) is 12.5 Å². The third-order valence-electron chi connectivity index (χ3n) is 4.35. The minimum atomic E-state index is -0.204. The van der Waals surface area contributed by atoms with Crippen LogP contribution in [0.4, 0.5) is 0 Å². The van der Waals surface area contributed by atoms with Crippen LogP contribution in [0, 0.1) is 23.7 Å². The van der Waals surface area contributed by atoms with Crippen molar-refractivity contribution in [2.45, 2.75) is 39.0 Å². The lowest BCUT2D eigenvalue weighted by Gasteiger charge is -2.39. The van der Waals surface area contributed by atoms with Crippen LogP contribution in [0.2, 0.25) is 0 Å². The highest BCUT2D eigenvalue weighted by atomic mass is 16.2. The van der Waals surface area contributed by atoms with E-state index in [1.54, 1.807) is 0 Å². The number of carbonyl (C=O) groups is 1. The summed E-state index contributed by atoms with van der Waals surface area (Å²) in [5.41, 5.74) is -0.204. The molecule has 2 rings (SSSR count). The van der Waals surface area contributed by atoms with Crippen molar-refractivity contribution in [3.8, 4) is 12.3 Å². The Morgan fingerprint density at radius 1 is 1.56 bits per heavy atom. The molecule has 1 saturated heterocycles. The molecule has 1 aliphatic heterocycles. The highest BCUT2D eigenvalue weighted by Crippen LogP contribution is 2.35. The highest BCUT2D eigenvalue weighted by molar-refractivity contribution is 5.83. The molecule has 1 aliphatic carbocycles. The molecule has 100 valence electrons. The molecule has 0 radical (unpaired) electrons. The minimum absolute atomic E-state index is 0.204. The molecule has 1 saturated carbocycles. The van der Waals surface area contributed by atoms with Crippen molar-refractivity contribution in [3.05, 3.63) is 0 Å². The van der Waals surface area contributed by atoms with Crippen LogP contribution in [-0.4, -0.2) is 37.0 Å². The molecule has 1 heterocycles. The summed E-state index contributed by atoms with van der Waals surface area (Å²) in [5, 5.41) is 3.37. The van der Waals surface area contributed by atoms with Gasteiger partial charge in [-0.05, 0) is 44.6 Å². The summed E-state index contributed by atoms with van der Waals surface area (Å²) in [5.74, 6) is 3.63. The van der Waals surface area contributed by atoms with Crippen LogP contribution in [0.3, 0.4) is 0 Å². The van der Waals surface area contributed by atoms with E-state index in [1.165, 1.54) is 12.8 Å². The highest BCUT2D eigenvalue weighted by Gasteiger charge is 2.41. The standard InChI is InChI=1S/C15H24N2O/c1-3-10-17(11-13-6-7-13)14(18)15(4-2)8-5-9-16-12-15/h1,13,16H,4-12H2,2H3. The molecule has 18 heavy (non-hydrogen) atoms. The first kappa shape index (κ1) is 13.4. The van der Waals surface area contributed by atoms with Crippen molar-refractivity contribution in [1.29, 1.82) is 0 Å². The van der Waals surface area contributed by atoms with Gasteiger partial charge in [0.25, 0.3) is 0 Å². The fraction of sp³-hybridized carbons (Fsp3) is 0.800. The van der Waals surface area contributed by atoms with Gasteiger partial charge in [0, 0.05) is 13.1 Å². The molecule has 0 bridgehead atoms. The third-order valence-corrected chi connectivity index (χ3v) is 4.35. The van der Waals surface area contributed by atoms with E-state index >= 15 is 0 Å². The average Bonchev–Trinajstić information content (AvgIpc) is 3.22. The topological polar surface area (TPSA) is 32.3 Å². The van der Waals surface area contributed by atoms with E-state index in [9.17, 15) is 4.79 Å². The van der Waals surface area contributed by atoms with Crippen LogP contribution in [0.5, 0.6) is 0 Å². The van der Waals surface area contributed by atoms with Crippen molar-refractivity contribution >= 4 is 5.91 Å². The first-order valence-electron chi connectivity index (χ1n) is 7.15. The zero-order chi connectivity index (χ0) is 13.0. The first-order chi connectivity index (χ1) is 8.72. The van der Waals surface area contributed by atoms with E-state index < -0.39 is 0 Å². The normalized spacial score (nSPS) is 27.6. The lowest BCUT2D eigenvalue weighted by atomic mass is 9.77. The second-order valence-corrected chi connectivity index (χ2v) is 5.75. The van der Waals surface area contributed by atoms with Crippen LogP contribution in [0.15, 0.2) is 0 Å². The third kappa shape index (κ3) is 2.87. The van der Waals surface area contributed by atoms with Gasteiger partial charge in [-0.1, -0.05) is 12.8 Å². The minimum Gasteiger partial charge on any atom is -0.331 e. The van der Waals surface area contributed by atoms with E-state index in [4.69, 9.17) is 6.42 Å². The monoisotopic (exact) mass is 248 g/mol. The zero-order valence-corrected chi connectivity index (χ0v) is 11.4. The molecule has 0 spiro atoms. The second kappa shape index (κ2) is 5.75. The fourth-order valence-electron chi connectivity index (χ4n) is 2.88. The van der Waals surface area contributed by atoms with Gasteiger partial charge in [0.15, 0.2) is 0 Å². The van der Waals surface area contributed by atoms with Gasteiger partial charge in [-0.15, -0.1) is 6.42 Å². The SMILES string of the molecule is C#CCN(CC1CC1)C(=O)C1(CC)CCCNC1. The van der Waals surface area contributed by atoms with Crippen molar-refractivity contribution < 1.29 is 4.79 Å². The van der Waals surface area contributed by atoms with Gasteiger partial charge in [0.1, 0.15) is 0 Å². The van der Waals surface area contributed by atoms with Crippen LogP contribution in [0.1, 0.15) is 39.0 Å². The number of nitrogens with zero attached hydrogens (tertiary/aromatic N) is 1. The molecular weight excluding hydrogens is 224 g/mol. The predicted molar refractivity (Wildman–Crippen MR) is 73.0 cm³/mol. The van der Waals surface area contributed by atoms with Gasteiger partial charge in [-0.25, -0.2) is 0 Å². The maximum absolute atomic E-state index is 12.8. The van der Waals surface area contributed by atoms with Gasteiger partial charge in [-0.3, -0.25) is 4.79 Å². The summed E-state index contributed by atoms with van der Waals surface area (Å²) < 4.78 is 0. The first-order valence-corrected chi connectivity index (χ1v) is 7.15. The zero-order valence-electron chi connectivity index (χ0n) is 11.4. The fourth-order valence-corrected chi connectivity index (χ4v) is 2.88. The van der Waals surface area contributed by atoms with E-state index in [0.717, 1.165) is 38.9 Å². The second-order valence-electron chi connectivity index (χ2n) is 5.75. The molecule has 2 aliphatic rings. The smallest absolute Gasteiger partial charge is 0.230 e. The number of hydrogen-bond acceptors (Lipinski definition) is 2. The summed E-state index contributed by atoms with van der Waals surface area (Å²) in [7, 11) is 0. The largest absolute Gasteiger partial charge is 0.331 e. The number of terminal acetylenes is 1. The molecule has 0 aromatic heterocycles. The number of nitrogens with one attached hydrogen (secondary N) is 1. The van der Waals surface area contributed by atoms with E-state index in [1.807, 2.05) is 4.90 Å². The Hall–Kier alpha value is -1.01. The maximum Gasteiger partial charge on any atom is 0.230 e. The Morgan fingerprint density at radius 3 is 2.83 bits per heavy atom. The van der Waals surface area contributed by atoms with Crippen molar-refractivity contribution in [2.75, 3.05) is 26.2 Å². The average molecular weight is 248 g/mol. The van der Waals surface area contributed by atoms with Gasteiger partial charge in [0.05, 0.1) is 12.0 Å². The quantitative estimate of drug-likeness (QED) is 0.750. The number of amides is 1. The molecule has 3 nitrogen and oxygen atoms in total. The lowest BCUT2D eigenvalue weighted by molar-refractivity contribution is -0.143. The summed E-state index contributed by atoms with van der Waals surface area (Å²) >= 11 is 0. The molecule has 1 amide bonds. The summed E-state index contributed by atoms with van der Waals surface area (Å²) in [6.07, 6.45) is 10.9. The molecule has 1 unspecified atom stereocenters. The predicted octanol–water partition coefficient (Wildman–Crippen LogP) is 1.64. The summed E-state index contributed by atoms with van der Waals surface area (Å²) in [4.78, 5) is 14.7. The maximum atomic E-state index is 12.8. The number of hydrogen-bond donors (Lipinski definition) is 1. The Morgan fingerprint density at radius 2 is 2.33 bits per heavy atom. The number of carbonyl (C=O) groups excluding carboxylic acids is 1. The Balaban J connectivity index is 2.06. The Bertz CT molecular complexity index is 335. The molecular formula is C15H24N2O. The molecule has 0 aromatic rings. The Labute approximate surface area is 110 Å². The van der Waals surface area contributed by atoms with Gasteiger partial charge in [-0.2, -0.15) is 0 Å². The van der Waals surface area contributed by atoms with Gasteiger partial charge < -0.3 is 10.2 Å². The lowest BCUT2D eigenvalue weighted by Crippen LogP contribution is -2.52. The van der Waals surface area contributed by atoms with Crippen molar-refractivity contribution in [3.63, 3.8) is 0 Å². The van der Waals surface area contributed by atoms with Crippen molar-refractivity contribution in [2.24, 2.45) is 11.3 Å².